The zero-order chi connectivity index (χ0) is 26.9. The summed E-state index contributed by atoms with van der Waals surface area (Å²) in [5.41, 5.74) is 3.07. The second kappa shape index (κ2) is 10.8. The minimum Gasteiger partial charge on any atom is -0.488 e. The predicted molar refractivity (Wildman–Crippen MR) is 141 cm³/mol. The molecule has 11 heteroatoms. The summed E-state index contributed by atoms with van der Waals surface area (Å²) >= 11 is 0. The van der Waals surface area contributed by atoms with Crippen LogP contribution in [0.5, 0.6) is 5.75 Å². The van der Waals surface area contributed by atoms with Gasteiger partial charge in [0.05, 0.1) is 31.4 Å². The zero-order valence-corrected chi connectivity index (χ0v) is 21.9. The van der Waals surface area contributed by atoms with E-state index >= 15 is 0 Å². The van der Waals surface area contributed by atoms with Crippen LogP contribution in [0.15, 0.2) is 47.0 Å². The smallest absolute Gasteiger partial charge is 0.254 e. The molecule has 4 aromatic rings. The number of carbonyl (C=O) groups excluding carboxylic acids is 1. The van der Waals surface area contributed by atoms with Gasteiger partial charge < -0.3 is 23.6 Å². The van der Waals surface area contributed by atoms with Crippen LogP contribution in [0.2, 0.25) is 0 Å². The molecule has 1 amide bonds. The Labute approximate surface area is 224 Å². The summed E-state index contributed by atoms with van der Waals surface area (Å²) < 4.78 is 35.9. The molecule has 4 heterocycles. The zero-order valence-electron chi connectivity index (χ0n) is 21.9. The second-order valence-electron chi connectivity index (χ2n) is 9.93. The van der Waals surface area contributed by atoms with Gasteiger partial charge in [-0.3, -0.25) is 14.8 Å². The Morgan fingerprint density at radius 2 is 1.97 bits per heavy atom. The van der Waals surface area contributed by atoms with Gasteiger partial charge in [0.2, 0.25) is 0 Å². The van der Waals surface area contributed by atoms with Crippen molar-refractivity contribution in [1.29, 1.82) is 0 Å². The number of benzene rings is 2. The third-order valence-electron chi connectivity index (χ3n) is 7.39. The van der Waals surface area contributed by atoms with Gasteiger partial charge in [0.15, 0.2) is 17.3 Å². The summed E-state index contributed by atoms with van der Waals surface area (Å²) in [5, 5.41) is 11.9. The molecule has 1 N–H and O–H groups in total. The number of amides is 1. The van der Waals surface area contributed by atoms with Crippen molar-refractivity contribution in [1.82, 2.24) is 25.2 Å². The number of H-pyrrole nitrogens is 1. The number of aromatic amines is 1. The molecule has 0 radical (unpaired) electrons. The Kier molecular flexibility index (Phi) is 7.03. The number of hydrogen-bond acceptors (Lipinski definition) is 8. The molecule has 2 aromatic heterocycles. The summed E-state index contributed by atoms with van der Waals surface area (Å²) in [6.07, 6.45) is 0. The normalized spacial score (nSPS) is 18.4. The first-order chi connectivity index (χ1) is 19.0. The van der Waals surface area contributed by atoms with Crippen molar-refractivity contribution in [3.63, 3.8) is 0 Å². The summed E-state index contributed by atoms with van der Waals surface area (Å²) in [5.74, 6) is 0.0309. The summed E-state index contributed by atoms with van der Waals surface area (Å²) in [7, 11) is 1.55. The fourth-order valence-electron chi connectivity index (χ4n) is 5.08. The lowest BCUT2D eigenvalue weighted by Crippen LogP contribution is -2.60. The van der Waals surface area contributed by atoms with Crippen molar-refractivity contribution in [2.45, 2.75) is 19.0 Å². The number of ether oxygens (including phenoxy) is 3. The molecule has 204 valence electrons. The van der Waals surface area contributed by atoms with Crippen LogP contribution in [0.25, 0.3) is 33.6 Å². The van der Waals surface area contributed by atoms with E-state index in [9.17, 15) is 9.18 Å². The predicted octanol–water partition coefficient (Wildman–Crippen LogP) is 3.59. The molecule has 6 rings (SSSR count). The summed E-state index contributed by atoms with van der Waals surface area (Å²) in [6.45, 7) is 6.66. The molecule has 2 saturated heterocycles. The van der Waals surface area contributed by atoms with Gasteiger partial charge >= 0.3 is 0 Å². The number of methoxy groups -OCH3 is 1. The summed E-state index contributed by atoms with van der Waals surface area (Å²) in [4.78, 5) is 17.6. The van der Waals surface area contributed by atoms with Crippen LogP contribution >= 0.6 is 0 Å². The third-order valence-corrected chi connectivity index (χ3v) is 7.39. The highest BCUT2D eigenvalue weighted by Gasteiger charge is 2.34. The standard InChI is InChI=1S/C28H30FN5O5/c1-17-14-33(20-15-37-16-20)7-8-34(17)28(35)19-5-3-18(4-6-19)23-12-26(39-32-23)27-21-11-22(29)25(38-10-9-36-2)13-24(21)30-31-27/h3-6,11-13,17,20H,7-10,14-16H2,1-2H3,(H,30,31)/t17-/m1/s1. The molecule has 10 nitrogen and oxygen atoms in total. The molecular formula is C28H30FN5O5. The van der Waals surface area contributed by atoms with E-state index in [0.717, 1.165) is 31.9 Å². The molecule has 2 aliphatic rings. The maximum Gasteiger partial charge on any atom is 0.254 e. The van der Waals surface area contributed by atoms with Crippen LogP contribution in [0, 0.1) is 5.82 Å². The fraction of sp³-hybridized carbons (Fsp3) is 0.393. The van der Waals surface area contributed by atoms with Crippen molar-refractivity contribution < 1.29 is 27.9 Å². The van der Waals surface area contributed by atoms with Gasteiger partial charge in [-0.25, -0.2) is 4.39 Å². The lowest BCUT2D eigenvalue weighted by Gasteiger charge is -2.45. The van der Waals surface area contributed by atoms with E-state index in [4.69, 9.17) is 18.7 Å². The van der Waals surface area contributed by atoms with Gasteiger partial charge in [-0.05, 0) is 25.1 Å². The quantitative estimate of drug-likeness (QED) is 0.341. The van der Waals surface area contributed by atoms with Gasteiger partial charge in [0.1, 0.15) is 18.0 Å². The maximum absolute atomic E-state index is 14.6. The summed E-state index contributed by atoms with van der Waals surface area (Å²) in [6, 6.07) is 12.6. The van der Waals surface area contributed by atoms with Crippen LogP contribution in [0.1, 0.15) is 17.3 Å². The highest BCUT2D eigenvalue weighted by molar-refractivity contribution is 5.95. The monoisotopic (exact) mass is 535 g/mol. The molecule has 0 spiro atoms. The first-order valence-corrected chi connectivity index (χ1v) is 13.0. The molecule has 0 unspecified atom stereocenters. The van der Waals surface area contributed by atoms with E-state index in [0.29, 0.717) is 52.8 Å². The number of fused-ring (bicyclic) bond motifs is 1. The third kappa shape index (κ3) is 5.00. The topological polar surface area (TPSA) is 106 Å². The van der Waals surface area contributed by atoms with Crippen molar-refractivity contribution in [2.24, 2.45) is 0 Å². The van der Waals surface area contributed by atoms with Crippen molar-refractivity contribution in [3.05, 3.63) is 53.8 Å². The van der Waals surface area contributed by atoms with E-state index in [2.05, 4.69) is 27.2 Å². The molecule has 0 saturated carbocycles. The van der Waals surface area contributed by atoms with Gasteiger partial charge in [0.25, 0.3) is 5.91 Å². The number of carbonyl (C=O) groups is 1. The van der Waals surface area contributed by atoms with Crippen LogP contribution in [0.4, 0.5) is 4.39 Å². The van der Waals surface area contributed by atoms with E-state index in [1.807, 2.05) is 29.2 Å². The highest BCUT2D eigenvalue weighted by atomic mass is 19.1. The van der Waals surface area contributed by atoms with E-state index < -0.39 is 5.82 Å². The average molecular weight is 536 g/mol. The second-order valence-corrected chi connectivity index (χ2v) is 9.93. The Balaban J connectivity index is 1.15. The number of aromatic nitrogens is 3. The first-order valence-electron chi connectivity index (χ1n) is 13.0. The molecule has 2 aliphatic heterocycles. The van der Waals surface area contributed by atoms with Crippen molar-refractivity contribution >= 4 is 16.8 Å². The van der Waals surface area contributed by atoms with Crippen LogP contribution < -0.4 is 4.74 Å². The van der Waals surface area contributed by atoms with Crippen LogP contribution in [-0.2, 0) is 9.47 Å². The number of nitrogens with one attached hydrogen (secondary N) is 1. The molecule has 2 aromatic carbocycles. The highest BCUT2D eigenvalue weighted by Crippen LogP contribution is 2.33. The van der Waals surface area contributed by atoms with Gasteiger partial charge in [-0.15, -0.1) is 0 Å². The minimum atomic E-state index is -0.506. The number of hydrogen-bond donors (Lipinski definition) is 1. The van der Waals surface area contributed by atoms with Gasteiger partial charge in [-0.1, -0.05) is 17.3 Å². The van der Waals surface area contributed by atoms with Crippen LogP contribution in [-0.4, -0.2) is 96.3 Å². The van der Waals surface area contributed by atoms with Crippen molar-refractivity contribution in [2.75, 3.05) is 53.2 Å². The Hall–Kier alpha value is -3.80. The SMILES string of the molecule is COCCOc1cc2[nH]nc(-c3cc(-c4ccc(C(=O)N5CCN(C6COC6)C[C@H]5C)cc4)no3)c2cc1F. The number of nitrogens with zero attached hydrogens (tertiary/aromatic N) is 4. The molecular weight excluding hydrogens is 505 g/mol. The lowest BCUT2D eigenvalue weighted by atomic mass is 10.0. The number of rotatable bonds is 8. The lowest BCUT2D eigenvalue weighted by molar-refractivity contribution is -0.0812. The van der Waals surface area contributed by atoms with Gasteiger partial charge in [-0.2, -0.15) is 5.10 Å². The number of piperazine rings is 1. The largest absolute Gasteiger partial charge is 0.488 e. The van der Waals surface area contributed by atoms with E-state index in [1.165, 1.54) is 6.07 Å². The molecule has 0 bridgehead atoms. The van der Waals surface area contributed by atoms with E-state index in [-0.39, 0.29) is 24.3 Å². The molecule has 2 fully saturated rings. The fourth-order valence-corrected chi connectivity index (χ4v) is 5.08. The Bertz CT molecular complexity index is 1470. The van der Waals surface area contributed by atoms with E-state index in [1.54, 1.807) is 19.2 Å². The average Bonchev–Trinajstić information content (AvgIpc) is 3.55. The molecule has 0 aliphatic carbocycles. The Morgan fingerprint density at radius 1 is 1.15 bits per heavy atom. The number of halogens is 1. The maximum atomic E-state index is 14.6. The van der Waals surface area contributed by atoms with Crippen molar-refractivity contribution in [3.8, 4) is 28.5 Å². The first kappa shape index (κ1) is 25.5. The Morgan fingerprint density at radius 3 is 2.69 bits per heavy atom. The molecule has 1 atom stereocenters. The minimum absolute atomic E-state index is 0.0231. The van der Waals surface area contributed by atoms with Gasteiger partial charge in [0, 0.05) is 61.4 Å². The van der Waals surface area contributed by atoms with Crippen LogP contribution in [0.3, 0.4) is 0 Å². The molecule has 39 heavy (non-hydrogen) atoms.